The highest BCUT2D eigenvalue weighted by Crippen LogP contribution is 2.17. The second kappa shape index (κ2) is 10.0. The number of carbonyl (C=O) groups excluding carboxylic acids is 2. The zero-order valence-corrected chi connectivity index (χ0v) is 12.5. The molecule has 1 atom stereocenters. The summed E-state index contributed by atoms with van der Waals surface area (Å²) in [6.45, 7) is 3.78. The van der Waals surface area contributed by atoms with Gasteiger partial charge in [-0.3, -0.25) is 9.59 Å². The average Bonchev–Trinajstić information content (AvgIpc) is 2.37. The molecule has 1 saturated heterocycles. The standard InChI is InChI=1S/C13H25N3O2.ClH/c1-2-5-13(18)16-9-4-3-6-11(16)10-15-12(17)7-8-14;/h11H,2-10,14H2,1H3,(H,15,17);1H. The Morgan fingerprint density at radius 1 is 1.32 bits per heavy atom. The molecule has 1 fully saturated rings. The summed E-state index contributed by atoms with van der Waals surface area (Å²) in [5, 5.41) is 2.87. The topological polar surface area (TPSA) is 75.4 Å². The van der Waals surface area contributed by atoms with E-state index in [0.29, 0.717) is 25.9 Å². The smallest absolute Gasteiger partial charge is 0.222 e. The molecule has 112 valence electrons. The van der Waals surface area contributed by atoms with Gasteiger partial charge in [0, 0.05) is 38.5 Å². The Bertz CT molecular complexity index is 287. The molecule has 0 aromatic carbocycles. The molecule has 0 aromatic heterocycles. The second-order valence-corrected chi connectivity index (χ2v) is 4.83. The SMILES string of the molecule is CCCC(=O)N1CCCCC1CNC(=O)CCN.Cl. The first kappa shape index (κ1) is 18.2. The van der Waals surface area contributed by atoms with Gasteiger partial charge in [0.1, 0.15) is 0 Å². The van der Waals surface area contributed by atoms with Crippen molar-refractivity contribution < 1.29 is 9.59 Å². The fourth-order valence-corrected chi connectivity index (χ4v) is 2.35. The van der Waals surface area contributed by atoms with Gasteiger partial charge in [-0.15, -0.1) is 12.4 Å². The van der Waals surface area contributed by atoms with Crippen LogP contribution in [0, 0.1) is 0 Å². The van der Waals surface area contributed by atoms with E-state index in [1.54, 1.807) is 0 Å². The number of hydrogen-bond acceptors (Lipinski definition) is 3. The van der Waals surface area contributed by atoms with Gasteiger partial charge in [0.05, 0.1) is 0 Å². The van der Waals surface area contributed by atoms with E-state index in [9.17, 15) is 9.59 Å². The van der Waals surface area contributed by atoms with Crippen molar-refractivity contribution in [3.8, 4) is 0 Å². The molecule has 0 saturated carbocycles. The van der Waals surface area contributed by atoms with E-state index in [-0.39, 0.29) is 30.3 Å². The van der Waals surface area contributed by atoms with Crippen LogP contribution in [0.1, 0.15) is 45.4 Å². The van der Waals surface area contributed by atoms with Gasteiger partial charge in [-0.05, 0) is 25.7 Å². The zero-order valence-electron chi connectivity index (χ0n) is 11.7. The van der Waals surface area contributed by atoms with Gasteiger partial charge in [0.25, 0.3) is 0 Å². The monoisotopic (exact) mass is 291 g/mol. The van der Waals surface area contributed by atoms with Crippen LogP contribution in [-0.2, 0) is 9.59 Å². The molecule has 1 rings (SSSR count). The lowest BCUT2D eigenvalue weighted by atomic mass is 10.0. The van der Waals surface area contributed by atoms with Crippen LogP contribution >= 0.6 is 12.4 Å². The Hall–Kier alpha value is -0.810. The van der Waals surface area contributed by atoms with E-state index < -0.39 is 0 Å². The quantitative estimate of drug-likeness (QED) is 0.768. The molecule has 3 N–H and O–H groups in total. The maximum atomic E-state index is 12.0. The third-order valence-electron chi connectivity index (χ3n) is 3.32. The fourth-order valence-electron chi connectivity index (χ4n) is 2.35. The molecule has 2 amide bonds. The minimum atomic E-state index is -0.0223. The van der Waals surface area contributed by atoms with Crippen LogP contribution in [0.5, 0.6) is 0 Å². The predicted molar refractivity (Wildman–Crippen MR) is 78.2 cm³/mol. The van der Waals surface area contributed by atoms with Gasteiger partial charge in [-0.2, -0.15) is 0 Å². The van der Waals surface area contributed by atoms with E-state index in [0.717, 1.165) is 32.2 Å². The first-order valence-corrected chi connectivity index (χ1v) is 6.95. The van der Waals surface area contributed by atoms with Crippen LogP contribution in [-0.4, -0.2) is 42.4 Å². The number of nitrogens with two attached hydrogens (primary N) is 1. The van der Waals surface area contributed by atoms with E-state index >= 15 is 0 Å². The summed E-state index contributed by atoms with van der Waals surface area (Å²) in [6, 6.07) is 0.166. The van der Waals surface area contributed by atoms with Gasteiger partial charge in [-0.1, -0.05) is 6.92 Å². The Kier molecular flexibility index (Phi) is 9.61. The molecular weight excluding hydrogens is 266 g/mol. The van der Waals surface area contributed by atoms with Crippen molar-refractivity contribution in [2.24, 2.45) is 5.73 Å². The number of carbonyl (C=O) groups is 2. The molecule has 0 spiro atoms. The molecule has 6 heteroatoms. The summed E-state index contributed by atoms with van der Waals surface area (Å²) >= 11 is 0. The highest BCUT2D eigenvalue weighted by Gasteiger charge is 2.26. The molecule has 19 heavy (non-hydrogen) atoms. The van der Waals surface area contributed by atoms with Crippen molar-refractivity contribution in [2.75, 3.05) is 19.6 Å². The van der Waals surface area contributed by atoms with E-state index in [1.165, 1.54) is 0 Å². The summed E-state index contributed by atoms with van der Waals surface area (Å²) in [4.78, 5) is 25.3. The van der Waals surface area contributed by atoms with Crippen LogP contribution < -0.4 is 11.1 Å². The van der Waals surface area contributed by atoms with Crippen LogP contribution in [0.2, 0.25) is 0 Å². The molecule has 0 radical (unpaired) electrons. The van der Waals surface area contributed by atoms with Gasteiger partial charge >= 0.3 is 0 Å². The number of likely N-dealkylation sites (tertiary alicyclic amines) is 1. The third kappa shape index (κ3) is 6.25. The minimum absolute atomic E-state index is 0. The maximum Gasteiger partial charge on any atom is 0.222 e. The average molecular weight is 292 g/mol. The van der Waals surface area contributed by atoms with E-state index in [2.05, 4.69) is 5.32 Å². The van der Waals surface area contributed by atoms with Crippen molar-refractivity contribution in [3.05, 3.63) is 0 Å². The van der Waals surface area contributed by atoms with Crippen molar-refractivity contribution in [1.29, 1.82) is 0 Å². The highest BCUT2D eigenvalue weighted by molar-refractivity contribution is 5.85. The summed E-state index contributed by atoms with van der Waals surface area (Å²) in [5.74, 6) is 0.196. The van der Waals surface area contributed by atoms with Crippen LogP contribution in [0.4, 0.5) is 0 Å². The lowest BCUT2D eigenvalue weighted by Gasteiger charge is -2.36. The van der Waals surface area contributed by atoms with Crippen LogP contribution in [0.15, 0.2) is 0 Å². The molecule has 1 unspecified atom stereocenters. The first-order valence-electron chi connectivity index (χ1n) is 6.95. The lowest BCUT2D eigenvalue weighted by Crippen LogP contribution is -2.49. The maximum absolute atomic E-state index is 12.0. The summed E-state index contributed by atoms with van der Waals surface area (Å²) in [5.41, 5.74) is 5.33. The van der Waals surface area contributed by atoms with Crippen LogP contribution in [0.3, 0.4) is 0 Å². The molecule has 1 aliphatic heterocycles. The molecule has 0 bridgehead atoms. The summed E-state index contributed by atoms with van der Waals surface area (Å²) < 4.78 is 0. The summed E-state index contributed by atoms with van der Waals surface area (Å²) in [7, 11) is 0. The van der Waals surface area contributed by atoms with Gasteiger partial charge < -0.3 is 16.0 Å². The Morgan fingerprint density at radius 2 is 2.05 bits per heavy atom. The van der Waals surface area contributed by atoms with E-state index in [4.69, 9.17) is 5.73 Å². The number of hydrogen-bond donors (Lipinski definition) is 2. The Morgan fingerprint density at radius 3 is 2.68 bits per heavy atom. The van der Waals surface area contributed by atoms with Crippen molar-refractivity contribution in [3.63, 3.8) is 0 Å². The molecule has 0 aromatic rings. The van der Waals surface area contributed by atoms with Gasteiger partial charge in [0.2, 0.25) is 11.8 Å². The number of piperidine rings is 1. The zero-order chi connectivity index (χ0) is 13.4. The molecule has 1 aliphatic rings. The van der Waals surface area contributed by atoms with Gasteiger partial charge in [0.15, 0.2) is 0 Å². The molecular formula is C13H26ClN3O2. The lowest BCUT2D eigenvalue weighted by molar-refractivity contribution is -0.135. The summed E-state index contributed by atoms with van der Waals surface area (Å²) in [6.07, 6.45) is 5.03. The Balaban J connectivity index is 0.00000324. The normalized spacial score (nSPS) is 18.6. The van der Waals surface area contributed by atoms with Crippen molar-refractivity contribution >= 4 is 24.2 Å². The van der Waals surface area contributed by atoms with Gasteiger partial charge in [-0.25, -0.2) is 0 Å². The number of halogens is 1. The van der Waals surface area contributed by atoms with Crippen LogP contribution in [0.25, 0.3) is 0 Å². The third-order valence-corrected chi connectivity index (χ3v) is 3.32. The largest absolute Gasteiger partial charge is 0.354 e. The van der Waals surface area contributed by atoms with Crippen molar-refractivity contribution in [1.82, 2.24) is 10.2 Å². The Labute approximate surface area is 121 Å². The molecule has 1 heterocycles. The predicted octanol–water partition coefficient (Wildman–Crippen LogP) is 1.05. The molecule has 5 nitrogen and oxygen atoms in total. The highest BCUT2D eigenvalue weighted by atomic mass is 35.5. The number of amides is 2. The van der Waals surface area contributed by atoms with Crippen molar-refractivity contribution in [2.45, 2.75) is 51.5 Å². The fraction of sp³-hybridized carbons (Fsp3) is 0.846. The minimum Gasteiger partial charge on any atom is -0.354 e. The number of nitrogens with zero attached hydrogens (tertiary/aromatic N) is 1. The number of nitrogens with one attached hydrogen (secondary N) is 1. The van der Waals surface area contributed by atoms with E-state index in [1.807, 2.05) is 11.8 Å². The first-order chi connectivity index (χ1) is 8.69. The molecule has 0 aliphatic carbocycles. The second-order valence-electron chi connectivity index (χ2n) is 4.83. The number of rotatable bonds is 6.